The predicted octanol–water partition coefficient (Wildman–Crippen LogP) is 4.89. The van der Waals surface area contributed by atoms with Crippen LogP contribution in [-0.4, -0.2) is 50.2 Å². The SMILES string of the molecule is CC(=O)c1cccc(NC(=O)CSc2nnc(C(C)N3CCCCC3)n2-c2ccc(F)cc2)c1. The van der Waals surface area contributed by atoms with E-state index in [1.54, 1.807) is 36.4 Å². The van der Waals surface area contributed by atoms with E-state index in [-0.39, 0.29) is 29.3 Å². The Kier molecular flexibility index (Phi) is 7.74. The summed E-state index contributed by atoms with van der Waals surface area (Å²) in [6, 6.07) is 13.1. The van der Waals surface area contributed by atoms with E-state index in [0.29, 0.717) is 16.4 Å². The summed E-state index contributed by atoms with van der Waals surface area (Å²) < 4.78 is 15.5. The Balaban J connectivity index is 1.53. The van der Waals surface area contributed by atoms with Crippen molar-refractivity contribution in [2.45, 2.75) is 44.3 Å². The second-order valence-electron chi connectivity index (χ2n) is 8.40. The number of amides is 1. The standard InChI is InChI=1S/C25H28FN5O2S/c1-17(30-13-4-3-5-14-30)24-28-29-25(31(24)22-11-9-20(26)10-12-22)34-16-23(33)27-21-8-6-7-19(15-21)18(2)32/h6-12,15,17H,3-5,13-14,16H2,1-2H3,(H,27,33). The summed E-state index contributed by atoms with van der Waals surface area (Å²) in [5.74, 6) is 0.287. The topological polar surface area (TPSA) is 80.1 Å². The Morgan fingerprint density at radius 3 is 2.53 bits per heavy atom. The first-order valence-electron chi connectivity index (χ1n) is 11.4. The van der Waals surface area contributed by atoms with Gasteiger partial charge in [-0.1, -0.05) is 30.3 Å². The smallest absolute Gasteiger partial charge is 0.234 e. The fourth-order valence-electron chi connectivity index (χ4n) is 4.09. The molecule has 0 saturated carbocycles. The largest absolute Gasteiger partial charge is 0.325 e. The summed E-state index contributed by atoms with van der Waals surface area (Å²) in [7, 11) is 0. The van der Waals surface area contributed by atoms with Crippen molar-refractivity contribution in [3.63, 3.8) is 0 Å². The van der Waals surface area contributed by atoms with Crippen LogP contribution in [0.25, 0.3) is 5.69 Å². The van der Waals surface area contributed by atoms with Gasteiger partial charge in [0.05, 0.1) is 11.8 Å². The summed E-state index contributed by atoms with van der Waals surface area (Å²) in [6.07, 6.45) is 3.54. The summed E-state index contributed by atoms with van der Waals surface area (Å²) in [5, 5.41) is 12.2. The first-order chi connectivity index (χ1) is 16.4. The first-order valence-corrected chi connectivity index (χ1v) is 12.4. The highest BCUT2D eigenvalue weighted by Gasteiger charge is 2.26. The minimum atomic E-state index is -0.316. The molecule has 0 spiro atoms. The average Bonchev–Trinajstić information content (AvgIpc) is 3.27. The zero-order valence-electron chi connectivity index (χ0n) is 19.3. The molecular formula is C25H28FN5O2S. The molecule has 1 atom stereocenters. The van der Waals surface area contributed by atoms with Crippen LogP contribution in [0.4, 0.5) is 10.1 Å². The lowest BCUT2D eigenvalue weighted by molar-refractivity contribution is -0.113. The second kappa shape index (κ2) is 10.9. The van der Waals surface area contributed by atoms with E-state index < -0.39 is 0 Å². The average molecular weight is 482 g/mol. The van der Waals surface area contributed by atoms with Crippen LogP contribution in [-0.2, 0) is 4.79 Å². The number of carbonyl (C=O) groups excluding carboxylic acids is 2. The van der Waals surface area contributed by atoms with Crippen molar-refractivity contribution in [3.05, 3.63) is 65.7 Å². The molecule has 1 N–H and O–H groups in total. The number of hydrogen-bond donors (Lipinski definition) is 1. The predicted molar refractivity (Wildman–Crippen MR) is 131 cm³/mol. The third-order valence-corrected chi connectivity index (χ3v) is 6.87. The summed E-state index contributed by atoms with van der Waals surface area (Å²) in [4.78, 5) is 26.6. The van der Waals surface area contributed by atoms with Gasteiger partial charge in [-0.2, -0.15) is 0 Å². The van der Waals surface area contributed by atoms with Crippen LogP contribution >= 0.6 is 11.8 Å². The zero-order valence-corrected chi connectivity index (χ0v) is 20.1. The van der Waals surface area contributed by atoms with Crippen molar-refractivity contribution >= 4 is 29.1 Å². The number of benzene rings is 2. The van der Waals surface area contributed by atoms with E-state index in [2.05, 4.69) is 27.3 Å². The lowest BCUT2D eigenvalue weighted by atomic mass is 10.1. The van der Waals surface area contributed by atoms with Crippen LogP contribution in [0, 0.1) is 5.82 Å². The number of carbonyl (C=O) groups is 2. The molecule has 0 bridgehead atoms. The monoisotopic (exact) mass is 481 g/mol. The number of rotatable bonds is 8. The fraction of sp³-hybridized carbons (Fsp3) is 0.360. The number of thioether (sulfide) groups is 1. The van der Waals surface area contributed by atoms with Crippen LogP contribution in [0.3, 0.4) is 0 Å². The van der Waals surface area contributed by atoms with Crippen LogP contribution in [0.15, 0.2) is 53.7 Å². The minimum absolute atomic E-state index is 0.0374. The molecule has 2 aromatic carbocycles. The molecule has 1 fully saturated rings. The quantitative estimate of drug-likeness (QED) is 0.365. The highest BCUT2D eigenvalue weighted by molar-refractivity contribution is 7.99. The maximum atomic E-state index is 13.6. The highest BCUT2D eigenvalue weighted by Crippen LogP contribution is 2.29. The third kappa shape index (κ3) is 5.71. The number of piperidine rings is 1. The number of likely N-dealkylation sites (tertiary alicyclic amines) is 1. The summed E-state index contributed by atoms with van der Waals surface area (Å²) in [5.41, 5.74) is 1.86. The van der Waals surface area contributed by atoms with Gasteiger partial charge < -0.3 is 5.32 Å². The molecule has 178 valence electrons. The molecule has 0 radical (unpaired) electrons. The lowest BCUT2D eigenvalue weighted by Gasteiger charge is -2.31. The third-order valence-electron chi connectivity index (χ3n) is 5.94. The number of nitrogens with zero attached hydrogens (tertiary/aromatic N) is 4. The second-order valence-corrected chi connectivity index (χ2v) is 9.34. The molecule has 1 aliphatic rings. The Hall–Kier alpha value is -3.04. The molecule has 34 heavy (non-hydrogen) atoms. The Labute approximate surface area is 202 Å². The van der Waals surface area contributed by atoms with Gasteiger partial charge in [0, 0.05) is 16.9 Å². The van der Waals surface area contributed by atoms with Crippen LogP contribution in [0.1, 0.15) is 55.3 Å². The number of Topliss-reactive ketones (excluding diaryl/α,β-unsaturated/α-hetero) is 1. The first kappa shape index (κ1) is 24.1. The molecule has 2 heterocycles. The Bertz CT molecular complexity index is 1160. The molecular weight excluding hydrogens is 453 g/mol. The van der Waals surface area contributed by atoms with Crippen molar-refractivity contribution < 1.29 is 14.0 Å². The van der Waals surface area contributed by atoms with Gasteiger partial charge in [0.1, 0.15) is 5.82 Å². The maximum absolute atomic E-state index is 13.6. The number of aromatic nitrogens is 3. The van der Waals surface area contributed by atoms with Gasteiger partial charge in [-0.15, -0.1) is 10.2 Å². The molecule has 4 rings (SSSR count). The van der Waals surface area contributed by atoms with E-state index in [1.807, 2.05) is 4.57 Å². The zero-order chi connectivity index (χ0) is 24.1. The van der Waals surface area contributed by atoms with Crippen molar-refractivity contribution in [2.24, 2.45) is 0 Å². The van der Waals surface area contributed by atoms with Crippen LogP contribution in [0.5, 0.6) is 0 Å². The maximum Gasteiger partial charge on any atom is 0.234 e. The van der Waals surface area contributed by atoms with Crippen LogP contribution in [0.2, 0.25) is 0 Å². The molecule has 1 unspecified atom stereocenters. The van der Waals surface area contributed by atoms with E-state index in [4.69, 9.17) is 0 Å². The number of ketones is 1. The molecule has 1 aromatic heterocycles. The minimum Gasteiger partial charge on any atom is -0.325 e. The van der Waals surface area contributed by atoms with Crippen molar-refractivity contribution in [1.29, 1.82) is 0 Å². The Morgan fingerprint density at radius 1 is 1.09 bits per heavy atom. The molecule has 0 aliphatic carbocycles. The Morgan fingerprint density at radius 2 is 1.82 bits per heavy atom. The lowest BCUT2D eigenvalue weighted by Crippen LogP contribution is -2.33. The summed E-state index contributed by atoms with van der Waals surface area (Å²) >= 11 is 1.27. The van der Waals surface area contributed by atoms with Crippen LogP contribution < -0.4 is 5.32 Å². The van der Waals surface area contributed by atoms with Gasteiger partial charge >= 0.3 is 0 Å². The number of nitrogens with one attached hydrogen (secondary N) is 1. The van der Waals surface area contributed by atoms with Gasteiger partial charge in [-0.25, -0.2) is 4.39 Å². The van der Waals surface area contributed by atoms with E-state index in [9.17, 15) is 14.0 Å². The van der Waals surface area contributed by atoms with Crippen molar-refractivity contribution in [3.8, 4) is 5.69 Å². The van der Waals surface area contributed by atoms with E-state index in [0.717, 1.165) is 37.4 Å². The molecule has 3 aromatic rings. The number of hydrogen-bond acceptors (Lipinski definition) is 6. The molecule has 1 saturated heterocycles. The van der Waals surface area contributed by atoms with Gasteiger partial charge in [0.2, 0.25) is 5.91 Å². The fourth-order valence-corrected chi connectivity index (χ4v) is 4.85. The normalized spacial score (nSPS) is 15.1. The highest BCUT2D eigenvalue weighted by atomic mass is 32.2. The van der Waals surface area contributed by atoms with Gasteiger partial charge in [0.15, 0.2) is 16.8 Å². The number of anilines is 1. The van der Waals surface area contributed by atoms with Crippen molar-refractivity contribution in [2.75, 3.05) is 24.2 Å². The molecule has 1 aliphatic heterocycles. The van der Waals surface area contributed by atoms with Gasteiger partial charge in [-0.3, -0.25) is 19.1 Å². The number of halogens is 1. The van der Waals surface area contributed by atoms with E-state index >= 15 is 0 Å². The van der Waals surface area contributed by atoms with E-state index in [1.165, 1.54) is 37.2 Å². The summed E-state index contributed by atoms with van der Waals surface area (Å²) in [6.45, 7) is 5.60. The molecule has 7 nitrogen and oxygen atoms in total. The molecule has 1 amide bonds. The van der Waals surface area contributed by atoms with Gasteiger partial charge in [-0.05, 0) is 76.2 Å². The van der Waals surface area contributed by atoms with Crippen molar-refractivity contribution in [1.82, 2.24) is 19.7 Å². The molecule has 9 heteroatoms. The van der Waals surface area contributed by atoms with Gasteiger partial charge in [0.25, 0.3) is 0 Å².